The molecule has 2 aromatic carbocycles. The van der Waals surface area contributed by atoms with Crippen molar-refractivity contribution in [1.82, 2.24) is 30.1 Å². The van der Waals surface area contributed by atoms with E-state index in [-0.39, 0.29) is 11.6 Å². The van der Waals surface area contributed by atoms with Crippen LogP contribution in [0.5, 0.6) is 0 Å². The van der Waals surface area contributed by atoms with Gasteiger partial charge in [-0.25, -0.2) is 4.68 Å². The number of benzene rings is 2. The van der Waals surface area contributed by atoms with Crippen molar-refractivity contribution in [1.29, 1.82) is 0 Å². The van der Waals surface area contributed by atoms with Crippen LogP contribution in [0.25, 0.3) is 10.9 Å². The number of furan rings is 1. The Labute approximate surface area is 231 Å². The van der Waals surface area contributed by atoms with Crippen molar-refractivity contribution in [3.63, 3.8) is 0 Å². The number of pyridine rings is 1. The van der Waals surface area contributed by atoms with Crippen LogP contribution in [0, 0.1) is 6.92 Å². The first-order chi connectivity index (χ1) is 19.0. The van der Waals surface area contributed by atoms with Crippen LogP contribution in [0.3, 0.4) is 0 Å². The Morgan fingerprint density at radius 2 is 1.90 bits per heavy atom. The van der Waals surface area contributed by atoms with Crippen molar-refractivity contribution in [2.24, 2.45) is 0 Å². The molecule has 0 saturated heterocycles. The molecule has 0 amide bonds. The molecule has 1 saturated carbocycles. The van der Waals surface area contributed by atoms with Gasteiger partial charge in [0.25, 0.3) is 5.56 Å². The van der Waals surface area contributed by atoms with Gasteiger partial charge < -0.3 is 9.40 Å². The van der Waals surface area contributed by atoms with Gasteiger partial charge in [0.05, 0.1) is 18.8 Å². The summed E-state index contributed by atoms with van der Waals surface area (Å²) in [6, 6.07) is 19.3. The van der Waals surface area contributed by atoms with Crippen molar-refractivity contribution in [3.8, 4) is 0 Å². The molecule has 1 unspecified atom stereocenters. The van der Waals surface area contributed by atoms with Crippen LogP contribution in [0.2, 0.25) is 5.02 Å². The number of hydrogen-bond donors (Lipinski definition) is 1. The van der Waals surface area contributed by atoms with Crippen LogP contribution in [0.4, 0.5) is 0 Å². The number of nitrogens with zero attached hydrogens (tertiary/aromatic N) is 5. The first kappa shape index (κ1) is 25.5. The Morgan fingerprint density at radius 3 is 2.67 bits per heavy atom. The number of tetrazole rings is 1. The molecule has 0 bridgehead atoms. The van der Waals surface area contributed by atoms with Gasteiger partial charge in [0.15, 0.2) is 5.82 Å². The van der Waals surface area contributed by atoms with E-state index in [2.05, 4.69) is 38.4 Å². The lowest BCUT2D eigenvalue weighted by Gasteiger charge is -2.32. The van der Waals surface area contributed by atoms with Gasteiger partial charge in [-0.1, -0.05) is 54.6 Å². The maximum atomic E-state index is 13.7. The minimum absolute atomic E-state index is 0.157. The topological polar surface area (TPSA) is 92.8 Å². The zero-order chi connectivity index (χ0) is 26.8. The van der Waals surface area contributed by atoms with Crippen LogP contribution in [-0.4, -0.2) is 30.1 Å². The van der Waals surface area contributed by atoms with Gasteiger partial charge >= 0.3 is 0 Å². The summed E-state index contributed by atoms with van der Waals surface area (Å²) in [4.78, 5) is 19.1. The zero-order valence-electron chi connectivity index (χ0n) is 21.9. The highest BCUT2D eigenvalue weighted by atomic mass is 35.5. The molecule has 1 aliphatic rings. The highest BCUT2D eigenvalue weighted by molar-refractivity contribution is 6.30. The summed E-state index contributed by atoms with van der Waals surface area (Å²) in [5.74, 6) is 1.46. The van der Waals surface area contributed by atoms with Crippen molar-refractivity contribution in [2.45, 2.75) is 64.2 Å². The lowest BCUT2D eigenvalue weighted by atomic mass is 9.95. The maximum absolute atomic E-state index is 13.7. The lowest BCUT2D eigenvalue weighted by molar-refractivity contribution is 0.173. The van der Waals surface area contributed by atoms with E-state index in [1.807, 2.05) is 59.3 Å². The monoisotopic (exact) mass is 542 g/mol. The van der Waals surface area contributed by atoms with Crippen molar-refractivity contribution in [2.75, 3.05) is 0 Å². The molecule has 8 nitrogen and oxygen atoms in total. The number of fused-ring (bicyclic) bond motifs is 1. The van der Waals surface area contributed by atoms with E-state index < -0.39 is 6.04 Å². The summed E-state index contributed by atoms with van der Waals surface area (Å²) in [7, 11) is 0. The van der Waals surface area contributed by atoms with E-state index in [4.69, 9.17) is 16.0 Å². The summed E-state index contributed by atoms with van der Waals surface area (Å²) in [5.41, 5.74) is 3.42. The first-order valence-corrected chi connectivity index (χ1v) is 13.9. The maximum Gasteiger partial charge on any atom is 0.253 e. The third-order valence-electron chi connectivity index (χ3n) is 7.61. The Bertz CT molecular complexity index is 1600. The second-order valence-corrected chi connectivity index (χ2v) is 10.9. The molecule has 1 fully saturated rings. The molecule has 0 radical (unpaired) electrons. The van der Waals surface area contributed by atoms with Crippen molar-refractivity contribution < 1.29 is 4.42 Å². The average Bonchev–Trinajstić information content (AvgIpc) is 3.64. The highest BCUT2D eigenvalue weighted by Gasteiger charge is 2.33. The summed E-state index contributed by atoms with van der Waals surface area (Å²) >= 11 is 6.19. The van der Waals surface area contributed by atoms with E-state index in [1.54, 1.807) is 6.26 Å². The highest BCUT2D eigenvalue weighted by Crippen LogP contribution is 2.34. The number of halogens is 1. The van der Waals surface area contributed by atoms with Gasteiger partial charge in [0, 0.05) is 22.6 Å². The molecule has 9 heteroatoms. The molecule has 1 N–H and O–H groups in total. The van der Waals surface area contributed by atoms with Crippen molar-refractivity contribution >= 4 is 22.5 Å². The van der Waals surface area contributed by atoms with E-state index >= 15 is 0 Å². The molecule has 39 heavy (non-hydrogen) atoms. The predicted octanol–water partition coefficient (Wildman–Crippen LogP) is 6.37. The van der Waals surface area contributed by atoms with E-state index in [9.17, 15) is 4.79 Å². The number of H-pyrrole nitrogens is 1. The molecule has 0 aliphatic heterocycles. The smallest absolute Gasteiger partial charge is 0.253 e. The molecule has 1 aliphatic carbocycles. The number of nitrogens with one attached hydrogen (secondary N) is 1. The minimum atomic E-state index is -0.517. The summed E-state index contributed by atoms with van der Waals surface area (Å²) in [5, 5.41) is 14.8. The van der Waals surface area contributed by atoms with Gasteiger partial charge in [-0.05, 0) is 83.6 Å². The molecular formula is C30H31ClN6O2. The Hall–Kier alpha value is -3.75. The Balaban J connectivity index is 1.52. The second-order valence-electron chi connectivity index (χ2n) is 10.4. The van der Waals surface area contributed by atoms with Crippen LogP contribution in [-0.2, 0) is 13.1 Å². The van der Waals surface area contributed by atoms with Gasteiger partial charge in [0.2, 0.25) is 0 Å². The minimum Gasteiger partial charge on any atom is -0.468 e. The van der Waals surface area contributed by atoms with E-state index in [1.165, 1.54) is 6.42 Å². The summed E-state index contributed by atoms with van der Waals surface area (Å²) in [6.07, 6.45) is 7.22. The number of rotatable bonds is 8. The molecule has 3 heterocycles. The van der Waals surface area contributed by atoms with Gasteiger partial charge in [-0.2, -0.15) is 0 Å². The molecular weight excluding hydrogens is 512 g/mol. The molecule has 5 aromatic rings. The number of hydrogen-bond acceptors (Lipinski definition) is 6. The molecule has 6 rings (SSSR count). The van der Waals surface area contributed by atoms with Crippen LogP contribution < -0.4 is 5.56 Å². The van der Waals surface area contributed by atoms with Crippen LogP contribution in [0.1, 0.15) is 72.5 Å². The van der Waals surface area contributed by atoms with Gasteiger partial charge in [0.1, 0.15) is 11.8 Å². The van der Waals surface area contributed by atoms with Crippen LogP contribution in [0.15, 0.2) is 76.1 Å². The number of aromatic amines is 1. The fourth-order valence-corrected chi connectivity index (χ4v) is 5.80. The largest absolute Gasteiger partial charge is 0.468 e. The average molecular weight is 543 g/mol. The quantitative estimate of drug-likeness (QED) is 0.245. The zero-order valence-corrected chi connectivity index (χ0v) is 22.6. The lowest BCUT2D eigenvalue weighted by Crippen LogP contribution is -2.35. The van der Waals surface area contributed by atoms with Crippen molar-refractivity contribution in [3.05, 3.63) is 111 Å². The molecule has 3 aromatic heterocycles. The second kappa shape index (κ2) is 11.2. The Morgan fingerprint density at radius 1 is 1.08 bits per heavy atom. The summed E-state index contributed by atoms with van der Waals surface area (Å²) < 4.78 is 7.74. The van der Waals surface area contributed by atoms with Crippen LogP contribution >= 0.6 is 11.6 Å². The molecule has 200 valence electrons. The van der Waals surface area contributed by atoms with Gasteiger partial charge in [-0.15, -0.1) is 5.10 Å². The molecule has 0 spiro atoms. The third-order valence-corrected chi connectivity index (χ3v) is 7.86. The van der Waals surface area contributed by atoms with Gasteiger partial charge in [-0.3, -0.25) is 9.69 Å². The summed E-state index contributed by atoms with van der Waals surface area (Å²) in [6.45, 7) is 3.05. The fraction of sp³-hybridized carbons (Fsp3) is 0.333. The molecule has 1 atom stereocenters. The SMILES string of the molecule is Cc1ccc2[nH]c(=O)c(C(c3nnnn3C3CCCCC3)N(Cc3ccc(Cl)cc3)Cc3ccco3)cc2c1. The standard InChI is InChI=1S/C30H31ClN6O2/c1-20-9-14-27-22(16-20)17-26(30(38)32-27)28(29-33-34-35-37(29)24-6-3-2-4-7-24)36(19-25-8-5-15-39-25)18-21-10-12-23(31)13-11-21/h5,8-17,24,28H,2-4,6-7,18-19H2,1H3,(H,32,38). The first-order valence-electron chi connectivity index (χ1n) is 13.5. The van der Waals surface area contributed by atoms with E-state index in [0.29, 0.717) is 29.5 Å². The number of aromatic nitrogens is 5. The Kier molecular flexibility index (Phi) is 7.30. The fourth-order valence-electron chi connectivity index (χ4n) is 5.68. The predicted molar refractivity (Wildman–Crippen MR) is 150 cm³/mol. The third kappa shape index (κ3) is 5.53. The number of aryl methyl sites for hydroxylation is 1. The normalized spacial score (nSPS) is 15.3. The van der Waals surface area contributed by atoms with E-state index in [0.717, 1.165) is 53.5 Å².